The first-order valence-corrected chi connectivity index (χ1v) is 6.46. The van der Waals surface area contributed by atoms with Crippen LogP contribution in [0, 0.1) is 0 Å². The lowest BCUT2D eigenvalue weighted by atomic mass is 10.2. The zero-order chi connectivity index (χ0) is 15.8. The summed E-state index contributed by atoms with van der Waals surface area (Å²) in [6.45, 7) is 0.138. The highest BCUT2D eigenvalue weighted by Gasteiger charge is 2.12. The molecule has 0 saturated carbocycles. The van der Waals surface area contributed by atoms with Gasteiger partial charge < -0.3 is 14.5 Å². The Kier molecular flexibility index (Phi) is 5.31. The minimum absolute atomic E-state index is 0.138. The molecule has 1 heterocycles. The highest BCUT2D eigenvalue weighted by molar-refractivity contribution is 6.35. The Morgan fingerprint density at radius 2 is 2.14 bits per heavy atom. The molecule has 0 aliphatic rings. The van der Waals surface area contributed by atoms with E-state index in [9.17, 15) is 9.59 Å². The fraction of sp³-hybridized carbons (Fsp3) is 0.133. The molecule has 0 aliphatic carbocycles. The van der Waals surface area contributed by atoms with Crippen LogP contribution in [0.4, 0.5) is 0 Å². The minimum Gasteiger partial charge on any atom is -0.497 e. The second kappa shape index (κ2) is 7.63. The number of hydrogen-bond donors (Lipinski definition) is 2. The van der Waals surface area contributed by atoms with Gasteiger partial charge >= 0.3 is 11.8 Å². The quantitative estimate of drug-likeness (QED) is 0.490. The fourth-order valence-electron chi connectivity index (χ4n) is 1.60. The van der Waals surface area contributed by atoms with Gasteiger partial charge in [0.1, 0.15) is 11.5 Å². The molecule has 0 spiro atoms. The average molecular weight is 301 g/mol. The third kappa shape index (κ3) is 4.48. The molecule has 0 radical (unpaired) electrons. The first-order chi connectivity index (χ1) is 10.7. The summed E-state index contributed by atoms with van der Waals surface area (Å²) in [5.74, 6) is -0.419. The summed E-state index contributed by atoms with van der Waals surface area (Å²) in [6, 6.07) is 10.5. The number of ether oxygens (including phenoxy) is 1. The summed E-state index contributed by atoms with van der Waals surface area (Å²) in [6.07, 6.45) is 2.90. The molecule has 0 fully saturated rings. The SMILES string of the molecule is COc1cccc(/C=N\NC(=O)C(=O)NCc2ccco2)c1. The normalized spacial score (nSPS) is 10.4. The van der Waals surface area contributed by atoms with Crippen LogP contribution in [0.2, 0.25) is 0 Å². The number of carbonyl (C=O) groups is 2. The van der Waals surface area contributed by atoms with Crippen molar-refractivity contribution in [1.29, 1.82) is 0 Å². The summed E-state index contributed by atoms with van der Waals surface area (Å²) in [7, 11) is 1.56. The first-order valence-electron chi connectivity index (χ1n) is 6.46. The van der Waals surface area contributed by atoms with Crippen LogP contribution in [-0.2, 0) is 16.1 Å². The van der Waals surface area contributed by atoms with Crippen LogP contribution in [0.5, 0.6) is 5.75 Å². The van der Waals surface area contributed by atoms with Crippen LogP contribution in [-0.4, -0.2) is 25.1 Å². The van der Waals surface area contributed by atoms with Gasteiger partial charge in [-0.1, -0.05) is 12.1 Å². The predicted molar refractivity (Wildman–Crippen MR) is 79.3 cm³/mol. The smallest absolute Gasteiger partial charge is 0.329 e. The molecule has 0 unspecified atom stereocenters. The number of furan rings is 1. The highest BCUT2D eigenvalue weighted by atomic mass is 16.5. The van der Waals surface area contributed by atoms with Gasteiger partial charge in [-0.05, 0) is 29.8 Å². The van der Waals surface area contributed by atoms with Crippen molar-refractivity contribution in [1.82, 2.24) is 10.7 Å². The number of carbonyl (C=O) groups excluding carboxylic acids is 2. The number of benzene rings is 1. The molecule has 0 aliphatic heterocycles. The molecular formula is C15H15N3O4. The van der Waals surface area contributed by atoms with Crippen molar-refractivity contribution in [3.8, 4) is 5.75 Å². The van der Waals surface area contributed by atoms with Crippen molar-refractivity contribution in [2.75, 3.05) is 7.11 Å². The van der Waals surface area contributed by atoms with E-state index in [1.165, 1.54) is 12.5 Å². The van der Waals surface area contributed by atoms with Crippen molar-refractivity contribution < 1.29 is 18.7 Å². The summed E-state index contributed by atoms with van der Waals surface area (Å²) < 4.78 is 10.1. The molecule has 1 aromatic carbocycles. The Hall–Kier alpha value is -3.09. The first kappa shape index (κ1) is 15.3. The fourth-order valence-corrected chi connectivity index (χ4v) is 1.60. The third-order valence-corrected chi connectivity index (χ3v) is 2.68. The summed E-state index contributed by atoms with van der Waals surface area (Å²) in [5, 5.41) is 6.13. The van der Waals surface area contributed by atoms with Gasteiger partial charge in [0.05, 0.1) is 26.1 Å². The van der Waals surface area contributed by atoms with Gasteiger partial charge in [0.2, 0.25) is 0 Å². The molecule has 114 valence electrons. The highest BCUT2D eigenvalue weighted by Crippen LogP contribution is 2.10. The standard InChI is InChI=1S/C15H15N3O4/c1-21-12-5-2-4-11(8-12)9-17-18-15(20)14(19)16-10-13-6-3-7-22-13/h2-9H,10H2,1H3,(H,16,19)(H,18,20)/b17-9-. The van der Waals surface area contributed by atoms with Gasteiger partial charge in [-0.25, -0.2) is 5.43 Å². The van der Waals surface area contributed by atoms with E-state index in [2.05, 4.69) is 15.8 Å². The minimum atomic E-state index is -0.856. The van der Waals surface area contributed by atoms with E-state index < -0.39 is 11.8 Å². The largest absolute Gasteiger partial charge is 0.497 e. The predicted octanol–water partition coefficient (Wildman–Crippen LogP) is 1.05. The van der Waals surface area contributed by atoms with Crippen molar-refractivity contribution in [3.63, 3.8) is 0 Å². The molecule has 0 atom stereocenters. The van der Waals surface area contributed by atoms with E-state index in [1.54, 1.807) is 43.5 Å². The molecule has 2 N–H and O–H groups in total. The molecule has 7 nitrogen and oxygen atoms in total. The number of nitrogens with one attached hydrogen (secondary N) is 2. The molecule has 1 aromatic heterocycles. The molecule has 2 amide bonds. The summed E-state index contributed by atoms with van der Waals surface area (Å²) >= 11 is 0. The third-order valence-electron chi connectivity index (χ3n) is 2.68. The topological polar surface area (TPSA) is 92.9 Å². The maximum absolute atomic E-state index is 11.5. The molecule has 7 heteroatoms. The van der Waals surface area contributed by atoms with Crippen LogP contribution < -0.4 is 15.5 Å². The van der Waals surface area contributed by atoms with Gasteiger partial charge in [-0.3, -0.25) is 9.59 Å². The average Bonchev–Trinajstić information content (AvgIpc) is 3.06. The number of rotatable bonds is 5. The van der Waals surface area contributed by atoms with Gasteiger partial charge in [-0.15, -0.1) is 0 Å². The van der Waals surface area contributed by atoms with E-state index in [4.69, 9.17) is 9.15 Å². The molecule has 0 saturated heterocycles. The van der Waals surface area contributed by atoms with Crippen LogP contribution in [0.15, 0.2) is 52.2 Å². The second-order valence-corrected chi connectivity index (χ2v) is 4.24. The van der Waals surface area contributed by atoms with E-state index >= 15 is 0 Å². The van der Waals surface area contributed by atoms with Gasteiger partial charge in [0.25, 0.3) is 0 Å². The summed E-state index contributed by atoms with van der Waals surface area (Å²) in [4.78, 5) is 23.0. The Morgan fingerprint density at radius 1 is 1.27 bits per heavy atom. The molecule has 2 rings (SSSR count). The maximum Gasteiger partial charge on any atom is 0.329 e. The second-order valence-electron chi connectivity index (χ2n) is 4.24. The van der Waals surface area contributed by atoms with E-state index in [1.807, 2.05) is 0 Å². The van der Waals surface area contributed by atoms with E-state index in [0.717, 1.165) is 5.56 Å². The van der Waals surface area contributed by atoms with Gasteiger partial charge in [0, 0.05) is 0 Å². The molecule has 0 bridgehead atoms. The van der Waals surface area contributed by atoms with Gasteiger partial charge in [0.15, 0.2) is 0 Å². The number of nitrogens with zero attached hydrogens (tertiary/aromatic N) is 1. The lowest BCUT2D eigenvalue weighted by molar-refractivity contribution is -0.139. The molecule has 2 aromatic rings. The Bertz CT molecular complexity index is 665. The van der Waals surface area contributed by atoms with Crippen molar-refractivity contribution >= 4 is 18.0 Å². The number of methoxy groups -OCH3 is 1. The maximum atomic E-state index is 11.5. The van der Waals surface area contributed by atoms with Crippen LogP contribution >= 0.6 is 0 Å². The van der Waals surface area contributed by atoms with Crippen LogP contribution in [0.1, 0.15) is 11.3 Å². The van der Waals surface area contributed by atoms with Crippen LogP contribution in [0.3, 0.4) is 0 Å². The lowest BCUT2D eigenvalue weighted by Gasteiger charge is -2.02. The van der Waals surface area contributed by atoms with Crippen molar-refractivity contribution in [2.24, 2.45) is 5.10 Å². The summed E-state index contributed by atoms with van der Waals surface area (Å²) in [5.41, 5.74) is 2.88. The van der Waals surface area contributed by atoms with Crippen molar-refractivity contribution in [2.45, 2.75) is 6.54 Å². The number of amides is 2. The molecule has 22 heavy (non-hydrogen) atoms. The van der Waals surface area contributed by atoms with Crippen LogP contribution in [0.25, 0.3) is 0 Å². The number of hydrazone groups is 1. The van der Waals surface area contributed by atoms with Crippen molar-refractivity contribution in [3.05, 3.63) is 54.0 Å². The lowest BCUT2D eigenvalue weighted by Crippen LogP contribution is -2.37. The van der Waals surface area contributed by atoms with E-state index in [-0.39, 0.29) is 6.54 Å². The monoisotopic (exact) mass is 301 g/mol. The zero-order valence-corrected chi connectivity index (χ0v) is 11.9. The number of hydrogen-bond acceptors (Lipinski definition) is 5. The van der Waals surface area contributed by atoms with E-state index in [0.29, 0.717) is 11.5 Å². The van der Waals surface area contributed by atoms with Gasteiger partial charge in [-0.2, -0.15) is 5.10 Å². The zero-order valence-electron chi connectivity index (χ0n) is 11.9. The Morgan fingerprint density at radius 3 is 2.86 bits per heavy atom. The Labute approximate surface area is 127 Å². The Balaban J connectivity index is 1.80. The molecular weight excluding hydrogens is 286 g/mol.